The number of imidazole rings is 1. The van der Waals surface area contributed by atoms with Crippen LogP contribution in [0.25, 0.3) is 17.8 Å². The summed E-state index contributed by atoms with van der Waals surface area (Å²) in [6.45, 7) is 5.82. The van der Waals surface area contributed by atoms with Gasteiger partial charge in [-0.1, -0.05) is 0 Å². The summed E-state index contributed by atoms with van der Waals surface area (Å²) in [5.41, 5.74) is 2.27. The summed E-state index contributed by atoms with van der Waals surface area (Å²) in [6, 6.07) is 7.90. The van der Waals surface area contributed by atoms with E-state index < -0.39 is 16.5 Å². The number of aromatic amines is 1. The number of aliphatic imine (C=N–C) groups is 2. The number of hydrogen-bond donors (Lipinski definition) is 2. The highest BCUT2D eigenvalue weighted by Crippen LogP contribution is 2.44. The van der Waals surface area contributed by atoms with Crippen molar-refractivity contribution in [2.24, 2.45) is 15.4 Å². The van der Waals surface area contributed by atoms with E-state index in [4.69, 9.17) is 15.0 Å². The van der Waals surface area contributed by atoms with Crippen LogP contribution in [0.2, 0.25) is 0 Å². The van der Waals surface area contributed by atoms with Gasteiger partial charge in [-0.2, -0.15) is 0 Å². The van der Waals surface area contributed by atoms with Crippen molar-refractivity contribution in [3.8, 4) is 5.69 Å². The van der Waals surface area contributed by atoms with Gasteiger partial charge in [0.15, 0.2) is 5.78 Å². The molecule has 2 N–H and O–H groups in total. The predicted molar refractivity (Wildman–Crippen MR) is 152 cm³/mol. The maximum atomic E-state index is 13.9. The van der Waals surface area contributed by atoms with Crippen molar-refractivity contribution in [2.45, 2.75) is 31.8 Å². The van der Waals surface area contributed by atoms with E-state index in [-0.39, 0.29) is 5.78 Å². The fourth-order valence-corrected chi connectivity index (χ4v) is 5.63. The maximum Gasteiger partial charge on any atom is 0.173 e. The van der Waals surface area contributed by atoms with Gasteiger partial charge in [0, 0.05) is 40.7 Å². The van der Waals surface area contributed by atoms with Crippen molar-refractivity contribution in [3.63, 3.8) is 0 Å². The molecule has 0 aliphatic carbocycles. The molecule has 1 saturated heterocycles. The van der Waals surface area contributed by atoms with Gasteiger partial charge >= 0.3 is 0 Å². The summed E-state index contributed by atoms with van der Waals surface area (Å²) >= 11 is 0. The third-order valence-electron chi connectivity index (χ3n) is 7.70. The van der Waals surface area contributed by atoms with E-state index in [1.54, 1.807) is 18.7 Å². The van der Waals surface area contributed by atoms with Crippen LogP contribution in [-0.4, -0.2) is 42.3 Å². The van der Waals surface area contributed by atoms with Crippen LogP contribution >= 0.6 is 0 Å². The Morgan fingerprint density at radius 3 is 2.46 bits per heavy atom. The Labute approximate surface area is 225 Å². The minimum atomic E-state index is -0.927. The first kappa shape index (κ1) is 23.3. The number of hydrogen-bond acceptors (Lipinski definition) is 6. The highest BCUT2D eigenvalue weighted by Gasteiger charge is 2.52. The molecular formula is C31H27N7O. The number of nitrogens with one attached hydrogen (secondary N) is 2. The molecule has 0 amide bonds. The average Bonchev–Trinajstić information content (AvgIpc) is 3.73. The monoisotopic (exact) mass is 513 g/mol. The van der Waals surface area contributed by atoms with Crippen LogP contribution in [0.3, 0.4) is 0 Å². The number of H-pyrrole nitrogens is 1. The van der Waals surface area contributed by atoms with Gasteiger partial charge in [0.25, 0.3) is 0 Å². The Morgan fingerprint density at radius 1 is 0.897 bits per heavy atom. The smallest absolute Gasteiger partial charge is 0.173 e. The number of allylic oxidation sites excluding steroid dienone is 4. The fourth-order valence-electron chi connectivity index (χ4n) is 5.63. The molecule has 4 aliphatic heterocycles. The van der Waals surface area contributed by atoms with Gasteiger partial charge in [-0.05, 0) is 93.6 Å². The van der Waals surface area contributed by atoms with E-state index in [1.165, 1.54) is 0 Å². The summed E-state index contributed by atoms with van der Waals surface area (Å²) in [5.74, 6) is 0.0721. The van der Waals surface area contributed by atoms with E-state index in [1.807, 2.05) is 104 Å². The second-order valence-electron chi connectivity index (χ2n) is 11.0. The number of Topliss-reactive ketones (excluding diaryl/α,β-unsaturated/α-hetero) is 1. The molecule has 0 aromatic carbocycles. The van der Waals surface area contributed by atoms with Crippen LogP contribution in [0, 0.1) is 5.41 Å². The molecule has 39 heavy (non-hydrogen) atoms. The van der Waals surface area contributed by atoms with Gasteiger partial charge < -0.3 is 14.9 Å². The lowest BCUT2D eigenvalue weighted by atomic mass is 9.79. The normalized spacial score (nSPS) is 26.3. The predicted octanol–water partition coefficient (Wildman–Crippen LogP) is 2.81. The largest absolute Gasteiger partial charge is 0.373 e. The van der Waals surface area contributed by atoms with Crippen LogP contribution in [-0.2, 0) is 10.3 Å². The number of nitrogens with zero attached hydrogens (tertiary/aromatic N) is 5. The summed E-state index contributed by atoms with van der Waals surface area (Å²) < 4.78 is 1.95. The number of carbonyl (C=O) groups excluding carboxylic acids is 1. The lowest BCUT2D eigenvalue weighted by Gasteiger charge is -2.24. The second kappa shape index (κ2) is 8.07. The van der Waals surface area contributed by atoms with Gasteiger partial charge in [-0.3, -0.25) is 14.8 Å². The van der Waals surface area contributed by atoms with Crippen LogP contribution in [0.5, 0.6) is 0 Å². The Kier molecular flexibility index (Phi) is 4.82. The highest BCUT2D eigenvalue weighted by molar-refractivity contribution is 6.20. The van der Waals surface area contributed by atoms with Crippen LogP contribution in [0.1, 0.15) is 26.5 Å². The number of rotatable bonds is 2. The molecule has 192 valence electrons. The minimum Gasteiger partial charge on any atom is -0.373 e. The summed E-state index contributed by atoms with van der Waals surface area (Å²) in [7, 11) is 0. The van der Waals surface area contributed by atoms with Crippen molar-refractivity contribution in [2.75, 3.05) is 0 Å². The van der Waals surface area contributed by atoms with Crippen molar-refractivity contribution >= 4 is 29.4 Å². The first-order valence-electron chi connectivity index (χ1n) is 12.9. The quantitative estimate of drug-likeness (QED) is 0.550. The molecule has 0 saturated carbocycles. The van der Waals surface area contributed by atoms with Crippen molar-refractivity contribution < 1.29 is 4.79 Å². The lowest BCUT2D eigenvalue weighted by molar-refractivity contribution is -0.126. The minimum absolute atomic E-state index is 0.0721. The Hall–Kier alpha value is -4.85. The topological polar surface area (TPSA) is 100 Å². The Bertz CT molecular complexity index is 1840. The molecule has 7 heterocycles. The zero-order chi connectivity index (χ0) is 26.8. The van der Waals surface area contributed by atoms with Crippen molar-refractivity contribution in [1.82, 2.24) is 24.8 Å². The number of ketones is 1. The standard InChI is InChI=1S/C31H27N7O/c1-29(2)26-17-31(27-18-38(19-33-27)25-9-12-32-13-10-25)11-8-23(36-31)15-22-5-4-20(34-22)14-21-6-7-24(35-21)16-30(3,37-26)28(29)39/h4-19,34,37H,1-3H3. The Balaban J connectivity index is 1.45. The van der Waals surface area contributed by atoms with E-state index in [0.29, 0.717) is 0 Å². The lowest BCUT2D eigenvalue weighted by Crippen LogP contribution is -2.41. The molecule has 2 unspecified atom stereocenters. The van der Waals surface area contributed by atoms with Crippen molar-refractivity contribution in [1.29, 1.82) is 0 Å². The average molecular weight is 514 g/mol. The summed E-state index contributed by atoms with van der Waals surface area (Å²) in [4.78, 5) is 36.1. The van der Waals surface area contributed by atoms with Crippen LogP contribution < -0.4 is 16.0 Å². The molecule has 3 aromatic heterocycles. The number of carbonyl (C=O) groups is 1. The molecule has 8 heteroatoms. The third kappa shape index (κ3) is 3.79. The van der Waals surface area contributed by atoms with Gasteiger partial charge in [0.2, 0.25) is 0 Å². The molecule has 8 nitrogen and oxygen atoms in total. The first-order valence-corrected chi connectivity index (χ1v) is 12.9. The van der Waals surface area contributed by atoms with E-state index in [9.17, 15) is 4.79 Å². The van der Waals surface area contributed by atoms with E-state index in [0.717, 1.165) is 44.9 Å². The molecule has 0 spiro atoms. The SMILES string of the molecule is CC12C=C3C=CC(=N3)C=c3ccc([nH]3)=CC3=NC(c4cn(-c5ccncc5)cn4)(C=C3)C=C(N1)C(C)(C)C2=O. The molecule has 0 radical (unpaired) electrons. The van der Waals surface area contributed by atoms with Crippen LogP contribution in [0.15, 0.2) is 107 Å². The molecule has 4 aliphatic rings. The van der Waals surface area contributed by atoms with Crippen LogP contribution in [0.4, 0.5) is 0 Å². The first-order chi connectivity index (χ1) is 18.7. The van der Waals surface area contributed by atoms with E-state index >= 15 is 0 Å². The third-order valence-corrected chi connectivity index (χ3v) is 7.70. The zero-order valence-corrected chi connectivity index (χ0v) is 21.9. The summed E-state index contributed by atoms with van der Waals surface area (Å²) in [5, 5.41) is 5.42. The second-order valence-corrected chi connectivity index (χ2v) is 11.0. The molecule has 1 fully saturated rings. The van der Waals surface area contributed by atoms with E-state index in [2.05, 4.69) is 15.3 Å². The number of aromatic nitrogens is 4. The Morgan fingerprint density at radius 2 is 1.67 bits per heavy atom. The van der Waals surface area contributed by atoms with Crippen molar-refractivity contribution in [3.05, 3.63) is 113 Å². The molecule has 8 bridgehead atoms. The number of fused-ring (bicyclic) bond motifs is 6. The summed E-state index contributed by atoms with van der Waals surface area (Å²) in [6.07, 6.45) is 23.2. The highest BCUT2D eigenvalue weighted by atomic mass is 16.1. The maximum absolute atomic E-state index is 13.9. The zero-order valence-electron chi connectivity index (χ0n) is 21.9. The molecule has 2 atom stereocenters. The molecule has 7 rings (SSSR count). The van der Waals surface area contributed by atoms with Gasteiger partial charge in [0.1, 0.15) is 11.1 Å². The van der Waals surface area contributed by atoms with Gasteiger partial charge in [0.05, 0.1) is 34.6 Å². The van der Waals surface area contributed by atoms with Gasteiger partial charge in [-0.15, -0.1) is 0 Å². The number of pyridine rings is 1. The molecular weight excluding hydrogens is 486 g/mol. The molecule has 3 aromatic rings. The van der Waals surface area contributed by atoms with Gasteiger partial charge in [-0.25, -0.2) is 9.98 Å². The fraction of sp³-hybridized carbons (Fsp3) is 0.194.